The third-order valence-electron chi connectivity index (χ3n) is 3.64. The predicted molar refractivity (Wildman–Crippen MR) is 89.5 cm³/mol. The van der Waals surface area contributed by atoms with Gasteiger partial charge in [-0.15, -0.1) is 0 Å². The Hall–Kier alpha value is -2.70. The maximum absolute atomic E-state index is 13.1. The van der Waals surface area contributed by atoms with E-state index in [1.54, 1.807) is 39.8 Å². The van der Waals surface area contributed by atoms with Crippen LogP contribution < -0.4 is 0 Å². The lowest BCUT2D eigenvalue weighted by Crippen LogP contribution is -2.40. The Morgan fingerprint density at radius 1 is 1.12 bits per heavy atom. The molecule has 0 radical (unpaired) electrons. The van der Waals surface area contributed by atoms with Crippen molar-refractivity contribution in [3.63, 3.8) is 0 Å². The number of esters is 2. The number of hydrogen-bond donors (Lipinski definition) is 0. The molecule has 6 nitrogen and oxygen atoms in total. The van der Waals surface area contributed by atoms with E-state index in [-0.39, 0.29) is 24.7 Å². The van der Waals surface area contributed by atoms with Crippen molar-refractivity contribution in [2.75, 3.05) is 13.2 Å². The molecule has 0 atom stereocenters. The van der Waals surface area contributed by atoms with E-state index in [9.17, 15) is 14.0 Å². The molecule has 0 spiro atoms. The summed E-state index contributed by atoms with van der Waals surface area (Å²) < 4.78 is 24.6. The molecule has 0 aliphatic rings. The first-order chi connectivity index (χ1) is 11.8. The summed E-state index contributed by atoms with van der Waals surface area (Å²) in [6, 6.07) is 7.22. The zero-order valence-electron chi connectivity index (χ0n) is 14.7. The second-order valence-corrected chi connectivity index (χ2v) is 5.83. The van der Waals surface area contributed by atoms with Crippen molar-refractivity contribution in [1.82, 2.24) is 9.78 Å². The normalized spacial score (nSPS) is 11.2. The molecule has 7 heteroatoms. The topological polar surface area (TPSA) is 70.4 Å². The van der Waals surface area contributed by atoms with Crippen LogP contribution in [0.3, 0.4) is 0 Å². The first-order valence-corrected chi connectivity index (χ1v) is 8.02. The minimum Gasteiger partial charge on any atom is -0.464 e. The number of ether oxygens (including phenoxy) is 2. The van der Waals surface area contributed by atoms with Gasteiger partial charge in [-0.3, -0.25) is 0 Å². The van der Waals surface area contributed by atoms with Crippen molar-refractivity contribution < 1.29 is 23.5 Å². The average Bonchev–Trinajstić information content (AvgIpc) is 3.02. The SMILES string of the molecule is CCOC(=O)c1cc(-c2ccc(F)cc2)nn1C(C)(C)C(=O)OCC. The number of nitrogens with zero attached hydrogens (tertiary/aromatic N) is 2. The Morgan fingerprint density at radius 3 is 2.28 bits per heavy atom. The highest BCUT2D eigenvalue weighted by atomic mass is 19.1. The fourth-order valence-electron chi connectivity index (χ4n) is 2.31. The number of carbonyl (C=O) groups is 2. The van der Waals surface area contributed by atoms with E-state index in [1.807, 2.05) is 0 Å². The highest BCUT2D eigenvalue weighted by Gasteiger charge is 2.36. The van der Waals surface area contributed by atoms with E-state index in [2.05, 4.69) is 5.10 Å². The van der Waals surface area contributed by atoms with Gasteiger partial charge in [0.15, 0.2) is 5.54 Å². The van der Waals surface area contributed by atoms with Gasteiger partial charge in [0.1, 0.15) is 11.5 Å². The van der Waals surface area contributed by atoms with E-state index in [0.717, 1.165) is 0 Å². The van der Waals surface area contributed by atoms with Crippen molar-refractivity contribution in [1.29, 1.82) is 0 Å². The summed E-state index contributed by atoms with van der Waals surface area (Å²) in [5, 5.41) is 4.38. The third-order valence-corrected chi connectivity index (χ3v) is 3.64. The van der Waals surface area contributed by atoms with Crippen LogP contribution in [-0.4, -0.2) is 34.9 Å². The van der Waals surface area contributed by atoms with Gasteiger partial charge in [0, 0.05) is 5.56 Å². The number of carbonyl (C=O) groups excluding carboxylic acids is 2. The Labute approximate surface area is 145 Å². The highest BCUT2D eigenvalue weighted by molar-refractivity contribution is 5.90. The lowest BCUT2D eigenvalue weighted by Gasteiger charge is -2.24. The smallest absolute Gasteiger partial charge is 0.356 e. The summed E-state index contributed by atoms with van der Waals surface area (Å²) in [5.41, 5.74) is -0.0406. The maximum Gasteiger partial charge on any atom is 0.356 e. The van der Waals surface area contributed by atoms with Crippen molar-refractivity contribution >= 4 is 11.9 Å². The van der Waals surface area contributed by atoms with Crippen LogP contribution in [0.25, 0.3) is 11.3 Å². The van der Waals surface area contributed by atoms with E-state index in [0.29, 0.717) is 11.3 Å². The van der Waals surface area contributed by atoms with Gasteiger partial charge in [-0.25, -0.2) is 18.7 Å². The van der Waals surface area contributed by atoms with E-state index in [1.165, 1.54) is 22.9 Å². The monoisotopic (exact) mass is 348 g/mol. The summed E-state index contributed by atoms with van der Waals surface area (Å²) in [6.07, 6.45) is 0. The highest BCUT2D eigenvalue weighted by Crippen LogP contribution is 2.26. The Balaban J connectivity index is 2.54. The van der Waals surface area contributed by atoms with Crippen LogP contribution in [-0.2, 0) is 19.8 Å². The Morgan fingerprint density at radius 2 is 1.72 bits per heavy atom. The molecule has 2 rings (SSSR count). The van der Waals surface area contributed by atoms with Gasteiger partial charge >= 0.3 is 11.9 Å². The van der Waals surface area contributed by atoms with Crippen LogP contribution in [0.4, 0.5) is 4.39 Å². The number of benzene rings is 1. The Bertz CT molecular complexity index is 766. The van der Waals surface area contributed by atoms with E-state index < -0.39 is 17.5 Å². The van der Waals surface area contributed by atoms with E-state index in [4.69, 9.17) is 9.47 Å². The molecule has 0 saturated carbocycles. The fraction of sp³-hybridized carbons (Fsp3) is 0.389. The van der Waals surface area contributed by atoms with Crippen molar-refractivity contribution in [2.24, 2.45) is 0 Å². The van der Waals surface area contributed by atoms with Gasteiger partial charge < -0.3 is 9.47 Å². The molecule has 0 saturated heterocycles. The number of halogens is 1. The van der Waals surface area contributed by atoms with Crippen molar-refractivity contribution in [3.05, 3.63) is 41.8 Å². The minimum absolute atomic E-state index is 0.124. The van der Waals surface area contributed by atoms with Crippen LogP contribution in [0.5, 0.6) is 0 Å². The van der Waals surface area contributed by atoms with Gasteiger partial charge in [-0.05, 0) is 58.0 Å². The third kappa shape index (κ3) is 3.87. The zero-order chi connectivity index (χ0) is 18.6. The molecule has 0 unspecified atom stereocenters. The molecule has 0 aliphatic heterocycles. The molecular weight excluding hydrogens is 327 g/mol. The molecular formula is C18H21FN2O4. The van der Waals surface area contributed by atoms with Crippen LogP contribution in [0.2, 0.25) is 0 Å². The van der Waals surface area contributed by atoms with E-state index >= 15 is 0 Å². The second kappa shape index (κ2) is 7.46. The fourth-order valence-corrected chi connectivity index (χ4v) is 2.31. The van der Waals surface area contributed by atoms with Crippen LogP contribution >= 0.6 is 0 Å². The summed E-state index contributed by atoms with van der Waals surface area (Å²) >= 11 is 0. The predicted octanol–water partition coefficient (Wildman–Crippen LogP) is 3.16. The first-order valence-electron chi connectivity index (χ1n) is 8.02. The summed E-state index contributed by atoms with van der Waals surface area (Å²) in [5.74, 6) is -1.49. The molecule has 0 fully saturated rings. The Kier molecular flexibility index (Phi) is 5.56. The van der Waals surface area contributed by atoms with Gasteiger partial charge in [-0.2, -0.15) is 5.10 Å². The quantitative estimate of drug-likeness (QED) is 0.750. The van der Waals surface area contributed by atoms with Crippen LogP contribution in [0.1, 0.15) is 38.2 Å². The molecule has 0 N–H and O–H groups in total. The molecule has 0 aliphatic carbocycles. The number of hydrogen-bond acceptors (Lipinski definition) is 5. The number of aromatic nitrogens is 2. The average molecular weight is 348 g/mol. The molecule has 1 aromatic heterocycles. The lowest BCUT2D eigenvalue weighted by atomic mass is 10.1. The van der Waals surface area contributed by atoms with Gasteiger partial charge in [0.2, 0.25) is 0 Å². The van der Waals surface area contributed by atoms with Gasteiger partial charge in [0.05, 0.1) is 18.9 Å². The minimum atomic E-state index is -1.21. The molecule has 2 aromatic rings. The zero-order valence-corrected chi connectivity index (χ0v) is 14.7. The second-order valence-electron chi connectivity index (χ2n) is 5.83. The molecule has 25 heavy (non-hydrogen) atoms. The summed E-state index contributed by atoms with van der Waals surface area (Å²) in [6.45, 7) is 7.01. The summed E-state index contributed by atoms with van der Waals surface area (Å²) in [4.78, 5) is 24.6. The van der Waals surface area contributed by atoms with Gasteiger partial charge in [0.25, 0.3) is 0 Å². The molecule has 0 bridgehead atoms. The van der Waals surface area contributed by atoms with Crippen molar-refractivity contribution in [3.8, 4) is 11.3 Å². The largest absolute Gasteiger partial charge is 0.464 e. The number of rotatable bonds is 6. The molecule has 0 amide bonds. The molecule has 1 aromatic carbocycles. The van der Waals surface area contributed by atoms with Gasteiger partial charge in [-0.1, -0.05) is 0 Å². The maximum atomic E-state index is 13.1. The summed E-state index contributed by atoms with van der Waals surface area (Å²) in [7, 11) is 0. The molecule has 1 heterocycles. The van der Waals surface area contributed by atoms with Crippen LogP contribution in [0.15, 0.2) is 30.3 Å². The first kappa shape index (κ1) is 18.6. The lowest BCUT2D eigenvalue weighted by molar-refractivity contribution is -0.152. The van der Waals surface area contributed by atoms with Crippen LogP contribution in [0, 0.1) is 5.82 Å². The standard InChI is InChI=1S/C18H21FN2O4/c1-5-24-16(22)15-11-14(12-7-9-13(19)10-8-12)20-21(15)18(3,4)17(23)25-6-2/h7-11H,5-6H2,1-4H3. The molecule has 134 valence electrons. The van der Waals surface area contributed by atoms with Crippen molar-refractivity contribution in [2.45, 2.75) is 33.2 Å².